The van der Waals surface area contributed by atoms with Crippen molar-refractivity contribution in [2.45, 2.75) is 30.2 Å². The van der Waals surface area contributed by atoms with Crippen molar-refractivity contribution < 1.29 is 8.42 Å². The Morgan fingerprint density at radius 3 is 2.43 bits per heavy atom. The Labute approximate surface area is 82.6 Å². The van der Waals surface area contributed by atoms with Gasteiger partial charge in [-0.1, -0.05) is 0 Å². The lowest BCUT2D eigenvalue weighted by molar-refractivity contribution is 0.557. The monoisotopic (exact) mass is 213 g/mol. The number of rotatable bonds is 3. The van der Waals surface area contributed by atoms with Crippen LogP contribution in [0.5, 0.6) is 0 Å². The van der Waals surface area contributed by atoms with Gasteiger partial charge in [0.1, 0.15) is 11.2 Å². The lowest BCUT2D eigenvalue weighted by atomic mass is 10.4. The van der Waals surface area contributed by atoms with E-state index in [0.29, 0.717) is 0 Å². The molecule has 1 aliphatic rings. The summed E-state index contributed by atoms with van der Waals surface area (Å²) >= 11 is 0. The topological polar surface area (TPSA) is 72.0 Å². The summed E-state index contributed by atoms with van der Waals surface area (Å²) in [6.07, 6.45) is 5.67. The van der Waals surface area contributed by atoms with Gasteiger partial charge in [0.15, 0.2) is 0 Å². The minimum atomic E-state index is -3.43. The molecule has 0 amide bonds. The van der Waals surface area contributed by atoms with Gasteiger partial charge in [-0.2, -0.15) is 0 Å². The molecule has 1 aromatic heterocycles. The molecule has 0 spiro atoms. The molecule has 1 heterocycles. The van der Waals surface area contributed by atoms with Crippen LogP contribution in [-0.4, -0.2) is 23.9 Å². The highest BCUT2D eigenvalue weighted by molar-refractivity contribution is 7.89. The fourth-order valence-corrected chi connectivity index (χ4v) is 2.47. The fourth-order valence-electron chi connectivity index (χ4n) is 1.10. The first-order valence-corrected chi connectivity index (χ1v) is 5.79. The maximum atomic E-state index is 11.7. The Bertz CT molecular complexity index is 425. The third-order valence-electron chi connectivity index (χ3n) is 2.23. The average molecular weight is 213 g/mol. The van der Waals surface area contributed by atoms with Gasteiger partial charge in [0.05, 0.1) is 12.4 Å². The van der Waals surface area contributed by atoms with Crippen molar-refractivity contribution in [2.24, 2.45) is 0 Å². The maximum Gasteiger partial charge on any atom is 0.244 e. The maximum absolute atomic E-state index is 11.7. The van der Waals surface area contributed by atoms with Crippen LogP contribution in [0.4, 0.5) is 0 Å². The molecule has 2 rings (SSSR count). The largest absolute Gasteiger partial charge is 0.244 e. The summed E-state index contributed by atoms with van der Waals surface area (Å²) in [6, 6.07) is 0. The van der Waals surface area contributed by atoms with Gasteiger partial charge < -0.3 is 0 Å². The first kappa shape index (κ1) is 9.54. The Morgan fingerprint density at radius 1 is 1.36 bits per heavy atom. The summed E-state index contributed by atoms with van der Waals surface area (Å²) in [6.45, 7) is 1.88. The second kappa shape index (κ2) is 2.99. The first-order chi connectivity index (χ1) is 6.52. The predicted octanol–water partition coefficient (Wildman–Crippen LogP) is 0.307. The Morgan fingerprint density at radius 2 is 1.93 bits per heavy atom. The molecule has 1 saturated carbocycles. The summed E-state index contributed by atoms with van der Waals surface area (Å²) in [5.41, 5.74) is -0.255. The van der Waals surface area contributed by atoms with Gasteiger partial charge in [0.2, 0.25) is 10.0 Å². The summed E-state index contributed by atoms with van der Waals surface area (Å²) in [7, 11) is -3.43. The molecule has 0 radical (unpaired) electrons. The SMILES string of the molecule is CC1(NS(=O)(=O)c2cncnc2)CC1. The number of sulfonamides is 1. The molecule has 0 atom stereocenters. The molecule has 0 aliphatic heterocycles. The van der Waals surface area contributed by atoms with Crippen LogP contribution in [-0.2, 0) is 10.0 Å². The second-order valence-corrected chi connectivity index (χ2v) is 5.42. The van der Waals surface area contributed by atoms with Crippen LogP contribution < -0.4 is 4.72 Å². The van der Waals surface area contributed by atoms with E-state index >= 15 is 0 Å². The Hall–Kier alpha value is -1.01. The van der Waals surface area contributed by atoms with E-state index in [1.807, 2.05) is 6.92 Å². The molecule has 1 aromatic rings. The smallest absolute Gasteiger partial charge is 0.243 e. The molecule has 76 valence electrons. The molecule has 0 saturated heterocycles. The van der Waals surface area contributed by atoms with Crippen molar-refractivity contribution in [2.75, 3.05) is 0 Å². The highest BCUT2D eigenvalue weighted by Crippen LogP contribution is 2.35. The van der Waals surface area contributed by atoms with E-state index in [9.17, 15) is 8.42 Å². The van der Waals surface area contributed by atoms with E-state index in [1.54, 1.807) is 0 Å². The van der Waals surface area contributed by atoms with Crippen LogP contribution in [0.1, 0.15) is 19.8 Å². The van der Waals surface area contributed by atoms with Crippen LogP contribution in [0.15, 0.2) is 23.6 Å². The van der Waals surface area contributed by atoms with E-state index in [4.69, 9.17) is 0 Å². The lowest BCUT2D eigenvalue weighted by Crippen LogP contribution is -2.34. The quantitative estimate of drug-likeness (QED) is 0.784. The normalized spacial score (nSPS) is 19.2. The molecule has 6 heteroatoms. The van der Waals surface area contributed by atoms with Gasteiger partial charge in [0, 0.05) is 5.54 Å². The van der Waals surface area contributed by atoms with Crippen LogP contribution >= 0.6 is 0 Å². The Kier molecular flexibility index (Phi) is 2.04. The van der Waals surface area contributed by atoms with Crippen LogP contribution in [0.3, 0.4) is 0 Å². The average Bonchev–Trinajstić information content (AvgIpc) is 2.84. The zero-order valence-electron chi connectivity index (χ0n) is 7.77. The van der Waals surface area contributed by atoms with Crippen molar-refractivity contribution in [3.05, 3.63) is 18.7 Å². The van der Waals surface area contributed by atoms with Gasteiger partial charge in [-0.15, -0.1) is 0 Å². The van der Waals surface area contributed by atoms with E-state index in [2.05, 4.69) is 14.7 Å². The number of nitrogens with zero attached hydrogens (tertiary/aromatic N) is 2. The van der Waals surface area contributed by atoms with E-state index < -0.39 is 10.0 Å². The summed E-state index contributed by atoms with van der Waals surface area (Å²) in [5.74, 6) is 0. The standard InChI is InChI=1S/C8H11N3O2S/c1-8(2-3-8)11-14(12,13)7-4-9-6-10-5-7/h4-6,11H,2-3H2,1H3. The number of aromatic nitrogens is 2. The molecular formula is C8H11N3O2S. The van der Waals surface area contributed by atoms with Crippen LogP contribution in [0.2, 0.25) is 0 Å². The zero-order valence-corrected chi connectivity index (χ0v) is 8.58. The molecule has 1 fully saturated rings. The summed E-state index contributed by atoms with van der Waals surface area (Å²) in [4.78, 5) is 7.46. The molecule has 5 nitrogen and oxygen atoms in total. The summed E-state index contributed by atoms with van der Waals surface area (Å²) in [5, 5.41) is 0. The predicted molar refractivity (Wildman–Crippen MR) is 50.0 cm³/mol. The van der Waals surface area contributed by atoms with Crippen LogP contribution in [0, 0.1) is 0 Å². The number of hydrogen-bond donors (Lipinski definition) is 1. The molecule has 0 unspecified atom stereocenters. The highest BCUT2D eigenvalue weighted by Gasteiger charge is 2.41. The molecule has 0 aromatic carbocycles. The molecule has 1 N–H and O–H groups in total. The minimum absolute atomic E-state index is 0.119. The summed E-state index contributed by atoms with van der Waals surface area (Å²) < 4.78 is 26.0. The van der Waals surface area contributed by atoms with Gasteiger partial charge in [-0.3, -0.25) is 0 Å². The van der Waals surface area contributed by atoms with E-state index in [0.717, 1.165) is 12.8 Å². The van der Waals surface area contributed by atoms with Gasteiger partial charge in [-0.05, 0) is 19.8 Å². The van der Waals surface area contributed by atoms with Crippen molar-refractivity contribution in [1.82, 2.24) is 14.7 Å². The van der Waals surface area contributed by atoms with Crippen molar-refractivity contribution in [1.29, 1.82) is 0 Å². The van der Waals surface area contributed by atoms with Crippen molar-refractivity contribution in [3.63, 3.8) is 0 Å². The van der Waals surface area contributed by atoms with Crippen molar-refractivity contribution >= 4 is 10.0 Å². The van der Waals surface area contributed by atoms with Gasteiger partial charge in [-0.25, -0.2) is 23.1 Å². The van der Waals surface area contributed by atoms with Crippen molar-refractivity contribution in [3.8, 4) is 0 Å². The first-order valence-electron chi connectivity index (χ1n) is 4.31. The van der Waals surface area contributed by atoms with Gasteiger partial charge >= 0.3 is 0 Å². The third kappa shape index (κ3) is 1.91. The molecular weight excluding hydrogens is 202 g/mol. The molecule has 14 heavy (non-hydrogen) atoms. The van der Waals surface area contributed by atoms with E-state index in [1.165, 1.54) is 18.7 Å². The highest BCUT2D eigenvalue weighted by atomic mass is 32.2. The fraction of sp³-hybridized carbons (Fsp3) is 0.500. The van der Waals surface area contributed by atoms with Crippen LogP contribution in [0.25, 0.3) is 0 Å². The van der Waals surface area contributed by atoms with E-state index in [-0.39, 0.29) is 10.4 Å². The second-order valence-electron chi connectivity index (χ2n) is 3.74. The Balaban J connectivity index is 2.25. The van der Waals surface area contributed by atoms with Gasteiger partial charge in [0.25, 0.3) is 0 Å². The lowest BCUT2D eigenvalue weighted by Gasteiger charge is -2.10. The minimum Gasteiger partial charge on any atom is -0.243 e. The molecule has 0 bridgehead atoms. The molecule has 1 aliphatic carbocycles. The number of nitrogens with one attached hydrogen (secondary N) is 1. The zero-order chi connectivity index (χ0) is 10.2. The third-order valence-corrected chi connectivity index (χ3v) is 3.82. The number of hydrogen-bond acceptors (Lipinski definition) is 4.